The Morgan fingerprint density at radius 3 is 1.25 bits per heavy atom. The zero-order valence-corrected chi connectivity index (χ0v) is 29.6. The molecule has 2 unspecified atom stereocenters. The van der Waals surface area contributed by atoms with Crippen LogP contribution < -0.4 is 10.6 Å². The zero-order valence-electron chi connectivity index (χ0n) is 28.0. The Bertz CT molecular complexity index is 1580. The predicted octanol–water partition coefficient (Wildman–Crippen LogP) is 8.73. The van der Waals surface area contributed by atoms with Gasteiger partial charge in [0.1, 0.15) is 0 Å². The zero-order chi connectivity index (χ0) is 33.6. The van der Waals surface area contributed by atoms with Crippen LogP contribution in [0.25, 0.3) is 0 Å². The maximum absolute atomic E-state index is 13.1. The van der Waals surface area contributed by atoms with Gasteiger partial charge in [0.25, 0.3) is 11.8 Å². The van der Waals surface area contributed by atoms with Gasteiger partial charge in [0, 0.05) is 29.1 Å². The van der Waals surface area contributed by atoms with Crippen molar-refractivity contribution in [3.63, 3.8) is 0 Å². The molecule has 48 heavy (non-hydrogen) atoms. The molecule has 2 atom stereocenters. The number of hydrogen-bond donors (Lipinski definition) is 2. The molecule has 0 spiro atoms. The van der Waals surface area contributed by atoms with Crippen LogP contribution in [0.3, 0.4) is 0 Å². The van der Waals surface area contributed by atoms with Crippen molar-refractivity contribution >= 4 is 11.8 Å². The quantitative estimate of drug-likeness (QED) is 0.146. The molecule has 2 N–H and O–H groups in total. The summed E-state index contributed by atoms with van der Waals surface area (Å²) in [6, 6.07) is 50.5. The van der Waals surface area contributed by atoms with E-state index < -0.39 is 0 Å². The molecule has 4 nitrogen and oxygen atoms in total. The fourth-order valence-electron chi connectivity index (χ4n) is 6.57. The molecule has 1 aliphatic rings. The van der Waals surface area contributed by atoms with Gasteiger partial charge in [-0.05, 0) is 54.5 Å². The van der Waals surface area contributed by atoms with Crippen LogP contribution in [0.2, 0.25) is 0 Å². The average molecular weight is 671 g/mol. The Hall–Kier alpha value is -4.25. The van der Waals surface area contributed by atoms with Crippen molar-refractivity contribution in [3.8, 4) is 0 Å². The summed E-state index contributed by atoms with van der Waals surface area (Å²) in [5.41, 5.74) is 5.49. The molecule has 5 aromatic carbocycles. The summed E-state index contributed by atoms with van der Waals surface area (Å²) in [4.78, 5) is 26.1. The van der Waals surface area contributed by atoms with Crippen molar-refractivity contribution in [3.05, 3.63) is 179 Å². The third kappa shape index (κ3) is 10.9. The van der Waals surface area contributed by atoms with Crippen LogP contribution in [0.5, 0.6) is 0 Å². The third-order valence-electron chi connectivity index (χ3n) is 8.94. The summed E-state index contributed by atoms with van der Waals surface area (Å²) in [5, 5.41) is 6.63. The van der Waals surface area contributed by atoms with Crippen molar-refractivity contribution in [2.24, 2.45) is 11.3 Å². The molecule has 0 bridgehead atoms. The molecule has 1 fully saturated rings. The average Bonchev–Trinajstić information content (AvgIpc) is 3.12. The van der Waals surface area contributed by atoms with Gasteiger partial charge in [0.2, 0.25) is 0 Å². The summed E-state index contributed by atoms with van der Waals surface area (Å²) < 4.78 is 2.60. The van der Waals surface area contributed by atoms with E-state index in [9.17, 15) is 9.59 Å². The third-order valence-corrected chi connectivity index (χ3v) is 11.0. The fraction of sp³-hybridized carbons (Fsp3) is 0.256. The first-order valence-electron chi connectivity index (χ1n) is 16.9. The Morgan fingerprint density at radius 2 is 0.875 bits per heavy atom. The van der Waals surface area contributed by atoms with E-state index in [0.29, 0.717) is 11.1 Å². The standard InChI is InChI=1S/C29H32N2O2.2C7H7.Ti/c1-29(2)19-25(30-27(32)22-14-8-4-9-15-22)24(18-21-12-6-3-7-13-21)26(20-29)31-28(33)23-16-10-5-11-17-23;2*1-7-5-3-2-4-6-7;/h3-17,24-26H,18-20H2,1-2H3,(H,30,32)(H,31,33);2*2-6H,1H2;. The molecule has 0 aliphatic heterocycles. The van der Waals surface area contributed by atoms with E-state index in [1.807, 2.05) is 78.9 Å². The van der Waals surface area contributed by atoms with Crippen LogP contribution in [-0.4, -0.2) is 23.9 Å². The molecule has 5 heteroatoms. The van der Waals surface area contributed by atoms with Crippen LogP contribution in [-0.2, 0) is 35.0 Å². The van der Waals surface area contributed by atoms with Crippen molar-refractivity contribution in [1.29, 1.82) is 0 Å². The van der Waals surface area contributed by atoms with E-state index in [0.717, 1.165) is 19.3 Å². The van der Waals surface area contributed by atoms with Gasteiger partial charge in [-0.3, -0.25) is 9.59 Å². The molecule has 0 saturated heterocycles. The van der Waals surface area contributed by atoms with E-state index in [-0.39, 0.29) is 54.4 Å². The molecule has 0 heterocycles. The van der Waals surface area contributed by atoms with Gasteiger partial charge in [0.05, 0.1) is 0 Å². The first-order chi connectivity index (χ1) is 23.4. The van der Waals surface area contributed by atoms with Crippen molar-refractivity contribution in [1.82, 2.24) is 10.6 Å². The Kier molecular flexibility index (Phi) is 13.0. The van der Waals surface area contributed by atoms with E-state index in [1.54, 1.807) is 0 Å². The minimum absolute atomic E-state index is 0.0174. The monoisotopic (exact) mass is 670 g/mol. The van der Waals surface area contributed by atoms with Gasteiger partial charge in [-0.2, -0.15) is 0 Å². The molecule has 2 amide bonds. The Labute approximate surface area is 295 Å². The second-order valence-electron chi connectivity index (χ2n) is 13.4. The van der Waals surface area contributed by atoms with Gasteiger partial charge in [-0.15, -0.1) is 0 Å². The second kappa shape index (κ2) is 17.8. The number of rotatable bonds is 10. The molecule has 0 aromatic heterocycles. The van der Waals surface area contributed by atoms with Gasteiger partial charge in [-0.25, -0.2) is 0 Å². The summed E-state index contributed by atoms with van der Waals surface area (Å²) in [6.45, 7) is 4.43. The fourth-order valence-corrected chi connectivity index (χ4v) is 8.40. The van der Waals surface area contributed by atoms with Crippen molar-refractivity contribution in [2.45, 2.75) is 54.6 Å². The summed E-state index contributed by atoms with van der Waals surface area (Å²) in [7, 11) is 0. The number of nitrogens with one attached hydrogen (secondary N) is 2. The van der Waals surface area contributed by atoms with Crippen LogP contribution in [0, 0.1) is 11.3 Å². The van der Waals surface area contributed by atoms with Crippen molar-refractivity contribution < 1.29 is 28.7 Å². The maximum atomic E-state index is 13.1. The van der Waals surface area contributed by atoms with Crippen molar-refractivity contribution in [2.75, 3.05) is 0 Å². The van der Waals surface area contributed by atoms with Gasteiger partial charge >= 0.3 is 100 Å². The summed E-state index contributed by atoms with van der Waals surface area (Å²) >= 11 is 0.136. The van der Waals surface area contributed by atoms with Gasteiger partial charge < -0.3 is 10.6 Å². The molecule has 1 saturated carbocycles. The summed E-state index contributed by atoms with van der Waals surface area (Å²) in [5.74, 6) is -0.0465. The number of benzene rings is 5. The normalized spacial score (nSPS) is 18.0. The van der Waals surface area contributed by atoms with Crippen LogP contribution >= 0.6 is 0 Å². The molecule has 244 valence electrons. The number of carbonyl (C=O) groups excluding carboxylic acids is 2. The SMILES string of the molecule is CC1(C)CC(NC(=O)c2ccccc2)C(Cc2ccccc2)C(NC(=O)c2ccccc2)C1.c1ccc([CH2][Ti][CH2]c2ccccc2)cc1. The number of amides is 2. The predicted molar refractivity (Wildman–Crippen MR) is 192 cm³/mol. The van der Waals surface area contributed by atoms with Gasteiger partial charge in [0.15, 0.2) is 0 Å². The molecule has 1 aliphatic carbocycles. The number of hydrogen-bond acceptors (Lipinski definition) is 2. The van der Waals surface area contributed by atoms with E-state index in [1.165, 1.54) is 26.1 Å². The molecule has 0 radical (unpaired) electrons. The van der Waals surface area contributed by atoms with Crippen LogP contribution in [0.1, 0.15) is 64.1 Å². The molecular formula is C43H46N2O2Ti. The van der Waals surface area contributed by atoms with Crippen LogP contribution in [0.4, 0.5) is 0 Å². The molecule has 5 aromatic rings. The van der Waals surface area contributed by atoms with E-state index in [4.69, 9.17) is 0 Å². The first-order valence-corrected chi connectivity index (χ1v) is 19.1. The molecule has 6 rings (SSSR count). The summed E-state index contributed by atoms with van der Waals surface area (Å²) in [6.07, 6.45) is 2.51. The van der Waals surface area contributed by atoms with E-state index in [2.05, 4.69) is 97.3 Å². The Morgan fingerprint density at radius 1 is 0.542 bits per heavy atom. The second-order valence-corrected chi connectivity index (χ2v) is 15.3. The molecular weight excluding hydrogens is 624 g/mol. The van der Waals surface area contributed by atoms with Crippen LogP contribution in [0.15, 0.2) is 152 Å². The van der Waals surface area contributed by atoms with Gasteiger partial charge in [-0.1, -0.05) is 80.6 Å². The topological polar surface area (TPSA) is 58.2 Å². The van der Waals surface area contributed by atoms with E-state index >= 15 is 0 Å². The first kappa shape index (κ1) is 35.1. The Balaban J connectivity index is 0.000000250. The number of carbonyl (C=O) groups is 2. The minimum atomic E-state index is -0.0653.